The number of hydrogen-bond acceptors (Lipinski definition) is 3. The molecule has 0 unspecified atom stereocenters. The molecule has 0 atom stereocenters. The molecule has 1 amide bonds. The number of carbonyl (C=O) groups excluding carboxylic acids is 1. The normalized spacial score (nSPS) is 10.7. The number of nitrogens with zero attached hydrogens (tertiary/aromatic N) is 2. The van der Waals surface area contributed by atoms with Crippen molar-refractivity contribution < 1.29 is 4.79 Å². The molecule has 0 fully saturated rings. The van der Waals surface area contributed by atoms with Crippen LogP contribution >= 0.6 is 11.6 Å². The first-order valence-corrected chi connectivity index (χ1v) is 10.7. The van der Waals surface area contributed by atoms with Gasteiger partial charge < -0.3 is 5.32 Å². The van der Waals surface area contributed by atoms with Gasteiger partial charge in [0.25, 0.3) is 11.5 Å². The van der Waals surface area contributed by atoms with E-state index < -0.39 is 11.5 Å². The zero-order valence-electron chi connectivity index (χ0n) is 17.8. The van der Waals surface area contributed by atoms with Gasteiger partial charge in [0.05, 0.1) is 5.69 Å². The van der Waals surface area contributed by atoms with Crippen LogP contribution in [0.5, 0.6) is 0 Å². The zero-order chi connectivity index (χ0) is 22.7. The van der Waals surface area contributed by atoms with Crippen LogP contribution < -0.4 is 10.9 Å². The number of anilines is 1. The topological polar surface area (TPSA) is 64.0 Å². The molecule has 1 aromatic heterocycles. The van der Waals surface area contributed by atoms with Crippen LogP contribution in [-0.2, 0) is 6.54 Å². The number of carbonyl (C=O) groups is 1. The van der Waals surface area contributed by atoms with Crippen LogP contribution in [0.1, 0.15) is 22.8 Å². The van der Waals surface area contributed by atoms with E-state index in [-0.39, 0.29) is 5.56 Å². The van der Waals surface area contributed by atoms with Crippen LogP contribution in [0.3, 0.4) is 0 Å². The standard InChI is InChI=1S/C26H22ClN3O2/c1-3-30-26(32)23(25(31)28-21-16-20(27)15-14-17(21)2)22(18-10-6-4-7-11-18)24(29-30)19-12-8-5-9-13-19/h4-16H,3H2,1-2H3,(H,28,31). The van der Waals surface area contributed by atoms with Crippen LogP contribution in [0.15, 0.2) is 83.7 Å². The van der Waals surface area contributed by atoms with Gasteiger partial charge in [0.1, 0.15) is 5.56 Å². The number of nitrogens with one attached hydrogen (secondary N) is 1. The maximum atomic E-state index is 13.5. The van der Waals surface area contributed by atoms with Crippen LogP contribution in [0.2, 0.25) is 5.02 Å². The van der Waals surface area contributed by atoms with Gasteiger partial charge in [-0.1, -0.05) is 78.3 Å². The molecule has 6 heteroatoms. The highest BCUT2D eigenvalue weighted by atomic mass is 35.5. The molecule has 0 aliphatic heterocycles. The lowest BCUT2D eigenvalue weighted by Crippen LogP contribution is -2.32. The summed E-state index contributed by atoms with van der Waals surface area (Å²) in [6.07, 6.45) is 0. The van der Waals surface area contributed by atoms with Crippen molar-refractivity contribution in [1.82, 2.24) is 9.78 Å². The summed E-state index contributed by atoms with van der Waals surface area (Å²) < 4.78 is 1.33. The molecule has 160 valence electrons. The minimum atomic E-state index is -0.499. The van der Waals surface area contributed by atoms with Crippen molar-refractivity contribution >= 4 is 23.2 Å². The smallest absolute Gasteiger partial charge is 0.280 e. The first-order chi connectivity index (χ1) is 15.5. The molecule has 0 saturated heterocycles. The van der Waals surface area contributed by atoms with Crippen LogP contribution in [0.25, 0.3) is 22.4 Å². The number of amides is 1. The lowest BCUT2D eigenvalue weighted by molar-refractivity contribution is 0.102. The van der Waals surface area contributed by atoms with E-state index in [0.717, 1.165) is 16.7 Å². The summed E-state index contributed by atoms with van der Waals surface area (Å²) >= 11 is 6.13. The fourth-order valence-corrected chi connectivity index (χ4v) is 3.77. The van der Waals surface area contributed by atoms with E-state index in [4.69, 9.17) is 11.6 Å². The first kappa shape index (κ1) is 21.5. The predicted octanol–water partition coefficient (Wildman–Crippen LogP) is 5.81. The summed E-state index contributed by atoms with van der Waals surface area (Å²) in [6.45, 7) is 4.04. The monoisotopic (exact) mass is 443 g/mol. The molecule has 3 aromatic carbocycles. The second kappa shape index (κ2) is 9.20. The summed E-state index contributed by atoms with van der Waals surface area (Å²) in [4.78, 5) is 26.9. The van der Waals surface area contributed by atoms with E-state index in [0.29, 0.717) is 28.5 Å². The fourth-order valence-electron chi connectivity index (χ4n) is 3.59. The lowest BCUT2D eigenvalue weighted by Gasteiger charge is -2.17. The van der Waals surface area contributed by atoms with Crippen molar-refractivity contribution in [2.75, 3.05) is 5.32 Å². The summed E-state index contributed by atoms with van der Waals surface area (Å²) in [5.74, 6) is -0.499. The Morgan fingerprint density at radius 1 is 0.969 bits per heavy atom. The van der Waals surface area contributed by atoms with Gasteiger partial charge in [0.2, 0.25) is 0 Å². The van der Waals surface area contributed by atoms with E-state index in [2.05, 4.69) is 10.4 Å². The van der Waals surface area contributed by atoms with Crippen molar-refractivity contribution in [1.29, 1.82) is 0 Å². The Bertz CT molecular complexity index is 1330. The third-order valence-electron chi connectivity index (χ3n) is 5.24. The molecule has 0 bridgehead atoms. The summed E-state index contributed by atoms with van der Waals surface area (Å²) in [5.41, 5.74) is 3.65. The van der Waals surface area contributed by atoms with E-state index >= 15 is 0 Å². The average Bonchev–Trinajstić information content (AvgIpc) is 2.82. The molecule has 0 radical (unpaired) electrons. The highest BCUT2D eigenvalue weighted by Gasteiger charge is 2.25. The Labute approximate surface area is 191 Å². The summed E-state index contributed by atoms with van der Waals surface area (Å²) in [6, 6.07) is 24.2. The van der Waals surface area contributed by atoms with Gasteiger partial charge in [-0.3, -0.25) is 9.59 Å². The van der Waals surface area contributed by atoms with Crippen LogP contribution in [0, 0.1) is 6.92 Å². The minimum Gasteiger partial charge on any atom is -0.322 e. The number of aryl methyl sites for hydroxylation is 2. The average molecular weight is 444 g/mol. The van der Waals surface area contributed by atoms with Gasteiger partial charge >= 0.3 is 0 Å². The molecule has 4 aromatic rings. The Morgan fingerprint density at radius 2 is 1.59 bits per heavy atom. The maximum absolute atomic E-state index is 13.5. The van der Waals surface area contributed by atoms with Crippen LogP contribution in [0.4, 0.5) is 5.69 Å². The second-order valence-electron chi connectivity index (χ2n) is 7.36. The number of halogens is 1. The molecular formula is C26H22ClN3O2. The van der Waals surface area contributed by atoms with Gasteiger partial charge in [0.15, 0.2) is 0 Å². The molecule has 0 aliphatic carbocycles. The van der Waals surface area contributed by atoms with Crippen LogP contribution in [-0.4, -0.2) is 15.7 Å². The third kappa shape index (κ3) is 4.20. The largest absolute Gasteiger partial charge is 0.322 e. The molecule has 4 rings (SSSR count). The highest BCUT2D eigenvalue weighted by Crippen LogP contribution is 2.32. The molecule has 32 heavy (non-hydrogen) atoms. The molecule has 0 saturated carbocycles. The summed E-state index contributed by atoms with van der Waals surface area (Å²) in [5, 5.41) is 8.01. The van der Waals surface area contributed by atoms with Gasteiger partial charge in [0, 0.05) is 28.4 Å². The van der Waals surface area contributed by atoms with Crippen molar-refractivity contribution in [2.24, 2.45) is 0 Å². The number of hydrogen-bond donors (Lipinski definition) is 1. The van der Waals surface area contributed by atoms with Crippen molar-refractivity contribution in [3.05, 3.63) is 105 Å². The Hall–Kier alpha value is -3.70. The first-order valence-electron chi connectivity index (χ1n) is 10.3. The number of aromatic nitrogens is 2. The molecule has 0 aliphatic rings. The SMILES string of the molecule is CCn1nc(-c2ccccc2)c(-c2ccccc2)c(C(=O)Nc2cc(Cl)ccc2C)c1=O. The third-order valence-corrected chi connectivity index (χ3v) is 5.48. The zero-order valence-corrected chi connectivity index (χ0v) is 18.6. The molecule has 5 nitrogen and oxygen atoms in total. The highest BCUT2D eigenvalue weighted by molar-refractivity contribution is 6.31. The van der Waals surface area contributed by atoms with E-state index in [1.54, 1.807) is 12.1 Å². The Morgan fingerprint density at radius 3 is 2.22 bits per heavy atom. The van der Waals surface area contributed by atoms with E-state index in [1.165, 1.54) is 4.68 Å². The number of benzene rings is 3. The van der Waals surface area contributed by atoms with Crippen molar-refractivity contribution in [2.45, 2.75) is 20.4 Å². The second-order valence-corrected chi connectivity index (χ2v) is 7.80. The predicted molar refractivity (Wildman–Crippen MR) is 129 cm³/mol. The van der Waals surface area contributed by atoms with Crippen molar-refractivity contribution in [3.63, 3.8) is 0 Å². The molecular weight excluding hydrogens is 422 g/mol. The van der Waals surface area contributed by atoms with Crippen molar-refractivity contribution in [3.8, 4) is 22.4 Å². The molecule has 1 heterocycles. The Balaban J connectivity index is 1.99. The van der Waals surface area contributed by atoms with Gasteiger partial charge in [-0.15, -0.1) is 0 Å². The summed E-state index contributed by atoms with van der Waals surface area (Å²) in [7, 11) is 0. The fraction of sp³-hybridized carbons (Fsp3) is 0.115. The molecule has 1 N–H and O–H groups in total. The van der Waals surface area contributed by atoms with E-state index in [1.807, 2.05) is 80.6 Å². The maximum Gasteiger partial charge on any atom is 0.280 e. The van der Waals surface area contributed by atoms with Gasteiger partial charge in [-0.2, -0.15) is 5.10 Å². The Kier molecular flexibility index (Phi) is 6.19. The minimum absolute atomic E-state index is 0.0475. The quantitative estimate of drug-likeness (QED) is 0.423. The van der Waals surface area contributed by atoms with Gasteiger partial charge in [-0.25, -0.2) is 4.68 Å². The van der Waals surface area contributed by atoms with E-state index in [9.17, 15) is 9.59 Å². The number of rotatable bonds is 5. The van der Waals surface area contributed by atoms with Gasteiger partial charge in [-0.05, 0) is 37.1 Å². The lowest BCUT2D eigenvalue weighted by atomic mass is 9.95. The molecule has 0 spiro atoms.